The van der Waals surface area contributed by atoms with Crippen LogP contribution in [0.1, 0.15) is 24.4 Å². The standard InChI is InChI=1S/C10H12F3NO.ClH/c11-7-5-9(13)8(12)4-6(7)10(14)2-1-3-15;/h4-5,10,15H,1-3,14H2;1H/t10-;/m1./s1. The minimum atomic E-state index is -1.23. The molecule has 0 amide bonds. The van der Waals surface area contributed by atoms with Crippen LogP contribution in [0.2, 0.25) is 0 Å². The molecular weight excluding hydrogens is 243 g/mol. The molecule has 6 heteroatoms. The summed E-state index contributed by atoms with van der Waals surface area (Å²) < 4.78 is 38.5. The zero-order chi connectivity index (χ0) is 11.4. The molecule has 0 aliphatic heterocycles. The molecule has 2 nitrogen and oxygen atoms in total. The van der Waals surface area contributed by atoms with E-state index in [1.165, 1.54) is 0 Å². The molecule has 0 aromatic heterocycles. The van der Waals surface area contributed by atoms with Crippen molar-refractivity contribution in [3.8, 4) is 0 Å². The Morgan fingerprint density at radius 3 is 2.25 bits per heavy atom. The largest absolute Gasteiger partial charge is 0.396 e. The summed E-state index contributed by atoms with van der Waals surface area (Å²) in [6, 6.07) is 0.503. The van der Waals surface area contributed by atoms with Gasteiger partial charge in [0.05, 0.1) is 0 Å². The molecule has 92 valence electrons. The Morgan fingerprint density at radius 2 is 1.69 bits per heavy atom. The second-order valence-corrected chi connectivity index (χ2v) is 3.26. The third kappa shape index (κ3) is 3.66. The lowest BCUT2D eigenvalue weighted by Gasteiger charge is -2.12. The number of benzene rings is 1. The number of hydrogen-bond donors (Lipinski definition) is 2. The van der Waals surface area contributed by atoms with Crippen molar-refractivity contribution in [3.63, 3.8) is 0 Å². The first-order valence-corrected chi connectivity index (χ1v) is 4.57. The summed E-state index contributed by atoms with van der Waals surface area (Å²) in [5.74, 6) is -3.21. The van der Waals surface area contributed by atoms with E-state index in [0.29, 0.717) is 18.9 Å². The summed E-state index contributed by atoms with van der Waals surface area (Å²) in [6.07, 6.45) is 0.706. The molecule has 0 spiro atoms. The van der Waals surface area contributed by atoms with Crippen molar-refractivity contribution in [3.05, 3.63) is 35.1 Å². The van der Waals surface area contributed by atoms with Gasteiger partial charge >= 0.3 is 0 Å². The van der Waals surface area contributed by atoms with E-state index in [-0.39, 0.29) is 24.6 Å². The number of halogens is 4. The van der Waals surface area contributed by atoms with Crippen molar-refractivity contribution in [2.75, 3.05) is 6.61 Å². The first-order chi connectivity index (χ1) is 7.06. The van der Waals surface area contributed by atoms with E-state index in [1.807, 2.05) is 0 Å². The second kappa shape index (κ2) is 6.73. The summed E-state index contributed by atoms with van der Waals surface area (Å²) in [5.41, 5.74) is 5.49. The van der Waals surface area contributed by atoms with Crippen LogP contribution < -0.4 is 5.73 Å². The predicted octanol–water partition coefficient (Wildman–Crippen LogP) is 2.30. The average molecular weight is 256 g/mol. The number of rotatable bonds is 4. The van der Waals surface area contributed by atoms with Crippen molar-refractivity contribution >= 4 is 12.4 Å². The molecule has 0 saturated carbocycles. The van der Waals surface area contributed by atoms with Crippen LogP contribution in [0.3, 0.4) is 0 Å². The Labute approximate surface area is 97.7 Å². The highest BCUT2D eigenvalue weighted by atomic mass is 35.5. The average Bonchev–Trinajstić information content (AvgIpc) is 2.20. The molecule has 0 fully saturated rings. The maximum atomic E-state index is 13.2. The van der Waals surface area contributed by atoms with Crippen molar-refractivity contribution in [2.45, 2.75) is 18.9 Å². The van der Waals surface area contributed by atoms with E-state index in [4.69, 9.17) is 10.8 Å². The minimum absolute atomic E-state index is 0. The van der Waals surface area contributed by atoms with Crippen LogP contribution in [-0.2, 0) is 0 Å². The number of hydrogen-bond acceptors (Lipinski definition) is 2. The fourth-order valence-corrected chi connectivity index (χ4v) is 1.29. The molecule has 1 aromatic carbocycles. The first kappa shape index (κ1) is 15.2. The van der Waals surface area contributed by atoms with Crippen LogP contribution in [0.25, 0.3) is 0 Å². The van der Waals surface area contributed by atoms with E-state index < -0.39 is 23.5 Å². The molecule has 0 saturated heterocycles. The molecule has 0 bridgehead atoms. The fourth-order valence-electron chi connectivity index (χ4n) is 1.29. The molecule has 0 heterocycles. The molecule has 0 radical (unpaired) electrons. The van der Waals surface area contributed by atoms with Crippen LogP contribution in [0.5, 0.6) is 0 Å². The van der Waals surface area contributed by atoms with Crippen LogP contribution in [0.15, 0.2) is 12.1 Å². The van der Waals surface area contributed by atoms with Crippen LogP contribution in [-0.4, -0.2) is 11.7 Å². The Hall–Kier alpha value is -0.780. The van der Waals surface area contributed by atoms with Crippen molar-refractivity contribution < 1.29 is 18.3 Å². The lowest BCUT2D eigenvalue weighted by atomic mass is 10.0. The van der Waals surface area contributed by atoms with Crippen LogP contribution in [0, 0.1) is 17.5 Å². The predicted molar refractivity (Wildman–Crippen MR) is 56.8 cm³/mol. The fraction of sp³-hybridized carbons (Fsp3) is 0.400. The highest BCUT2D eigenvalue weighted by molar-refractivity contribution is 5.85. The van der Waals surface area contributed by atoms with Crippen molar-refractivity contribution in [1.82, 2.24) is 0 Å². The zero-order valence-electron chi connectivity index (χ0n) is 8.42. The smallest absolute Gasteiger partial charge is 0.161 e. The Morgan fingerprint density at radius 1 is 1.12 bits per heavy atom. The highest BCUT2D eigenvalue weighted by Gasteiger charge is 2.15. The topological polar surface area (TPSA) is 46.2 Å². The van der Waals surface area contributed by atoms with Crippen LogP contribution in [0.4, 0.5) is 13.2 Å². The van der Waals surface area contributed by atoms with E-state index in [1.54, 1.807) is 0 Å². The van der Waals surface area contributed by atoms with Gasteiger partial charge in [0.25, 0.3) is 0 Å². The van der Waals surface area contributed by atoms with Crippen molar-refractivity contribution in [2.24, 2.45) is 5.73 Å². The third-order valence-corrected chi connectivity index (χ3v) is 2.11. The van der Waals surface area contributed by atoms with E-state index in [9.17, 15) is 13.2 Å². The van der Waals surface area contributed by atoms with Gasteiger partial charge in [-0.2, -0.15) is 0 Å². The van der Waals surface area contributed by atoms with Gasteiger partial charge in [-0.1, -0.05) is 0 Å². The summed E-state index contributed by atoms with van der Waals surface area (Å²) in [5, 5.41) is 8.55. The second-order valence-electron chi connectivity index (χ2n) is 3.26. The molecule has 3 N–H and O–H groups in total. The SMILES string of the molecule is Cl.N[C@H](CCCO)c1cc(F)c(F)cc1F. The lowest BCUT2D eigenvalue weighted by Crippen LogP contribution is -2.13. The van der Waals surface area contributed by atoms with Gasteiger partial charge in [0.1, 0.15) is 5.82 Å². The van der Waals surface area contributed by atoms with Gasteiger partial charge in [0.15, 0.2) is 11.6 Å². The van der Waals surface area contributed by atoms with Crippen LogP contribution >= 0.6 is 12.4 Å². The van der Waals surface area contributed by atoms with Gasteiger partial charge < -0.3 is 10.8 Å². The minimum Gasteiger partial charge on any atom is -0.396 e. The van der Waals surface area contributed by atoms with Gasteiger partial charge in [-0.15, -0.1) is 12.4 Å². The molecule has 16 heavy (non-hydrogen) atoms. The maximum Gasteiger partial charge on any atom is 0.161 e. The van der Waals surface area contributed by atoms with E-state index in [2.05, 4.69) is 0 Å². The Kier molecular flexibility index (Phi) is 6.40. The van der Waals surface area contributed by atoms with Gasteiger partial charge in [-0.25, -0.2) is 13.2 Å². The molecule has 0 aliphatic rings. The van der Waals surface area contributed by atoms with Crippen molar-refractivity contribution in [1.29, 1.82) is 0 Å². The van der Waals surface area contributed by atoms with E-state index >= 15 is 0 Å². The number of aliphatic hydroxyl groups is 1. The van der Waals surface area contributed by atoms with E-state index in [0.717, 1.165) is 6.07 Å². The van der Waals surface area contributed by atoms with Gasteiger partial charge in [0.2, 0.25) is 0 Å². The highest BCUT2D eigenvalue weighted by Crippen LogP contribution is 2.21. The molecule has 1 aromatic rings. The summed E-state index contributed by atoms with van der Waals surface area (Å²) in [7, 11) is 0. The molecule has 0 aliphatic carbocycles. The molecular formula is C10H13ClF3NO. The molecule has 1 atom stereocenters. The maximum absolute atomic E-state index is 13.2. The number of aliphatic hydroxyl groups excluding tert-OH is 1. The van der Waals surface area contributed by atoms with Gasteiger partial charge in [-0.3, -0.25) is 0 Å². The Balaban J connectivity index is 0.00000225. The lowest BCUT2D eigenvalue weighted by molar-refractivity contribution is 0.279. The molecule has 0 unspecified atom stereocenters. The monoisotopic (exact) mass is 255 g/mol. The normalized spacial score (nSPS) is 12.1. The first-order valence-electron chi connectivity index (χ1n) is 4.57. The molecule has 1 rings (SSSR count). The summed E-state index contributed by atoms with van der Waals surface area (Å²) >= 11 is 0. The quantitative estimate of drug-likeness (QED) is 0.811. The third-order valence-electron chi connectivity index (χ3n) is 2.11. The Bertz CT molecular complexity index is 349. The van der Waals surface area contributed by atoms with Gasteiger partial charge in [-0.05, 0) is 18.9 Å². The van der Waals surface area contributed by atoms with Gasteiger partial charge in [0, 0.05) is 24.3 Å². The summed E-state index contributed by atoms with van der Waals surface area (Å²) in [6.45, 7) is -0.0704. The summed E-state index contributed by atoms with van der Waals surface area (Å²) in [4.78, 5) is 0. The number of nitrogens with two attached hydrogens (primary N) is 1. The zero-order valence-corrected chi connectivity index (χ0v) is 9.24.